The van der Waals surface area contributed by atoms with Gasteiger partial charge in [-0.05, 0) is 33.6 Å². The molecule has 10 heteroatoms. The summed E-state index contributed by atoms with van der Waals surface area (Å²) in [5.41, 5.74) is 5.97. The maximum atomic E-state index is 12.5. The Morgan fingerprint density at radius 2 is 2.07 bits per heavy atom. The van der Waals surface area contributed by atoms with E-state index < -0.39 is 11.6 Å². The van der Waals surface area contributed by atoms with Crippen LogP contribution in [0.15, 0.2) is 6.20 Å². The third kappa shape index (κ3) is 3.84. The Hall–Kier alpha value is -2.55. The molecule has 152 valence electrons. The molecule has 1 atom stereocenters. The molecule has 0 aromatic carbocycles. The normalized spacial score (nSPS) is 17.6. The van der Waals surface area contributed by atoms with Crippen LogP contribution in [-0.4, -0.2) is 57.5 Å². The van der Waals surface area contributed by atoms with E-state index in [-0.39, 0.29) is 23.6 Å². The quantitative estimate of drug-likeness (QED) is 0.758. The van der Waals surface area contributed by atoms with Crippen molar-refractivity contribution >= 4 is 40.4 Å². The van der Waals surface area contributed by atoms with E-state index in [1.54, 1.807) is 9.58 Å². The molecule has 1 fully saturated rings. The van der Waals surface area contributed by atoms with Gasteiger partial charge in [-0.3, -0.25) is 4.68 Å². The number of carbonyl (C=O) groups excluding carboxylic acids is 2. The van der Waals surface area contributed by atoms with E-state index in [1.165, 1.54) is 13.3 Å². The minimum atomic E-state index is -0.626. The van der Waals surface area contributed by atoms with Gasteiger partial charge in [0.1, 0.15) is 11.4 Å². The number of halogens is 1. The lowest BCUT2D eigenvalue weighted by molar-refractivity contribution is 0.0168. The number of nitrogens with two attached hydrogens (primary N) is 1. The maximum absolute atomic E-state index is 12.5. The van der Waals surface area contributed by atoms with Gasteiger partial charge >= 0.3 is 12.1 Å². The van der Waals surface area contributed by atoms with Gasteiger partial charge in [0.2, 0.25) is 0 Å². The molecule has 2 aromatic rings. The third-order valence-electron chi connectivity index (χ3n) is 4.48. The fourth-order valence-electron chi connectivity index (χ4n) is 3.31. The average molecular weight is 410 g/mol. The van der Waals surface area contributed by atoms with Gasteiger partial charge in [-0.1, -0.05) is 11.6 Å². The highest BCUT2D eigenvalue weighted by atomic mass is 35.5. The lowest BCUT2D eigenvalue weighted by atomic mass is 10.1. The number of nitrogen functional groups attached to an aromatic ring is 1. The summed E-state index contributed by atoms with van der Waals surface area (Å²) in [7, 11) is 1.27. The van der Waals surface area contributed by atoms with Gasteiger partial charge in [0.15, 0.2) is 5.69 Å². The van der Waals surface area contributed by atoms with Crippen molar-refractivity contribution in [3.8, 4) is 0 Å². The molecule has 0 bridgehead atoms. The first-order chi connectivity index (χ1) is 13.1. The fraction of sp³-hybridized carbons (Fsp3) is 0.556. The van der Waals surface area contributed by atoms with Crippen LogP contribution in [0.2, 0.25) is 5.02 Å². The van der Waals surface area contributed by atoms with Crippen molar-refractivity contribution in [2.45, 2.75) is 45.3 Å². The SMILES string of the molecule is COC(=O)c1nn(C2CCCN(C(=O)OC(C)(C)C)C2)c2c(Cl)cnc(N)c12. The van der Waals surface area contributed by atoms with E-state index in [0.29, 0.717) is 29.0 Å². The van der Waals surface area contributed by atoms with Gasteiger partial charge in [0.05, 0.1) is 35.3 Å². The maximum Gasteiger partial charge on any atom is 0.410 e. The second-order valence-electron chi connectivity index (χ2n) is 7.72. The molecule has 1 saturated heterocycles. The summed E-state index contributed by atoms with van der Waals surface area (Å²) in [6, 6.07) is -0.193. The molecule has 2 N–H and O–H groups in total. The number of anilines is 1. The number of rotatable bonds is 2. The largest absolute Gasteiger partial charge is 0.464 e. The summed E-state index contributed by atoms with van der Waals surface area (Å²) in [5, 5.41) is 5.11. The number of hydrogen-bond acceptors (Lipinski definition) is 7. The topological polar surface area (TPSA) is 113 Å². The van der Waals surface area contributed by atoms with Crippen LogP contribution in [0, 0.1) is 0 Å². The summed E-state index contributed by atoms with van der Waals surface area (Å²) in [5.74, 6) is -0.481. The first-order valence-corrected chi connectivity index (χ1v) is 9.38. The number of nitrogens with zero attached hydrogens (tertiary/aromatic N) is 4. The van der Waals surface area contributed by atoms with Gasteiger partial charge < -0.3 is 20.1 Å². The van der Waals surface area contributed by atoms with E-state index in [9.17, 15) is 9.59 Å². The predicted octanol–water partition coefficient (Wildman–Crippen LogP) is 3.03. The van der Waals surface area contributed by atoms with Crippen molar-refractivity contribution in [3.05, 3.63) is 16.9 Å². The van der Waals surface area contributed by atoms with E-state index in [4.69, 9.17) is 26.8 Å². The third-order valence-corrected chi connectivity index (χ3v) is 4.76. The molecule has 1 aliphatic heterocycles. The molecule has 0 spiro atoms. The number of likely N-dealkylation sites (tertiary alicyclic amines) is 1. The summed E-state index contributed by atoms with van der Waals surface area (Å²) in [4.78, 5) is 30.4. The molecular weight excluding hydrogens is 386 g/mol. The van der Waals surface area contributed by atoms with Crippen LogP contribution in [0.25, 0.3) is 10.9 Å². The van der Waals surface area contributed by atoms with E-state index in [1.807, 2.05) is 20.8 Å². The monoisotopic (exact) mass is 409 g/mol. The van der Waals surface area contributed by atoms with Crippen LogP contribution in [0.5, 0.6) is 0 Å². The van der Waals surface area contributed by atoms with Crippen LogP contribution in [0.3, 0.4) is 0 Å². The number of aromatic nitrogens is 3. The van der Waals surface area contributed by atoms with Crippen LogP contribution >= 0.6 is 11.6 Å². The van der Waals surface area contributed by atoms with Gasteiger partial charge in [0.25, 0.3) is 0 Å². The Kier molecular flexibility index (Phi) is 5.38. The van der Waals surface area contributed by atoms with Crippen molar-refractivity contribution in [1.82, 2.24) is 19.7 Å². The second-order valence-corrected chi connectivity index (χ2v) is 8.13. The smallest absolute Gasteiger partial charge is 0.410 e. The highest BCUT2D eigenvalue weighted by molar-refractivity contribution is 6.35. The van der Waals surface area contributed by atoms with Crippen molar-refractivity contribution in [1.29, 1.82) is 0 Å². The molecule has 1 unspecified atom stereocenters. The minimum absolute atomic E-state index is 0.0550. The molecule has 9 nitrogen and oxygen atoms in total. The Morgan fingerprint density at radius 3 is 2.71 bits per heavy atom. The lowest BCUT2D eigenvalue weighted by Gasteiger charge is -2.34. The molecule has 1 amide bonds. The zero-order valence-electron chi connectivity index (χ0n) is 16.4. The number of amides is 1. The van der Waals surface area contributed by atoms with E-state index >= 15 is 0 Å². The first-order valence-electron chi connectivity index (χ1n) is 9.00. The lowest BCUT2D eigenvalue weighted by Crippen LogP contribution is -2.43. The van der Waals surface area contributed by atoms with Crippen molar-refractivity contribution in [2.75, 3.05) is 25.9 Å². The molecule has 2 aromatic heterocycles. The zero-order valence-corrected chi connectivity index (χ0v) is 17.1. The Morgan fingerprint density at radius 1 is 1.36 bits per heavy atom. The molecule has 0 saturated carbocycles. The molecule has 0 radical (unpaired) electrons. The minimum Gasteiger partial charge on any atom is -0.464 e. The summed E-state index contributed by atoms with van der Waals surface area (Å²) >= 11 is 6.36. The number of carbonyl (C=O) groups is 2. The average Bonchev–Trinajstić information content (AvgIpc) is 3.05. The summed E-state index contributed by atoms with van der Waals surface area (Å²) in [6.45, 7) is 6.44. The number of fused-ring (bicyclic) bond motifs is 1. The van der Waals surface area contributed by atoms with E-state index in [0.717, 1.165) is 12.8 Å². The van der Waals surface area contributed by atoms with Crippen LogP contribution in [-0.2, 0) is 9.47 Å². The zero-order chi connectivity index (χ0) is 20.6. The summed E-state index contributed by atoms with van der Waals surface area (Å²) in [6.07, 6.45) is 2.56. The Balaban J connectivity index is 2.00. The standard InChI is InChI=1S/C18H24ClN5O4/c1-18(2,3)28-17(26)23-7-5-6-10(9-23)24-14-11(19)8-21-15(20)12(14)13(22-24)16(25)27-4/h8,10H,5-7,9H2,1-4H3,(H2,20,21). The number of methoxy groups -OCH3 is 1. The Bertz CT molecular complexity index is 921. The highest BCUT2D eigenvalue weighted by Crippen LogP contribution is 2.34. The molecular formula is C18H24ClN5O4. The van der Waals surface area contributed by atoms with Crippen LogP contribution in [0.4, 0.5) is 10.6 Å². The molecule has 3 rings (SSSR count). The van der Waals surface area contributed by atoms with Gasteiger partial charge in [-0.2, -0.15) is 5.10 Å². The number of pyridine rings is 1. The van der Waals surface area contributed by atoms with Gasteiger partial charge in [-0.15, -0.1) is 0 Å². The predicted molar refractivity (Wildman–Crippen MR) is 104 cm³/mol. The van der Waals surface area contributed by atoms with Crippen molar-refractivity contribution < 1.29 is 19.1 Å². The first kappa shape index (κ1) is 20.2. The molecule has 0 aliphatic carbocycles. The summed E-state index contributed by atoms with van der Waals surface area (Å²) < 4.78 is 12.0. The van der Waals surface area contributed by atoms with Gasteiger partial charge in [-0.25, -0.2) is 14.6 Å². The second kappa shape index (κ2) is 7.46. The molecule has 28 heavy (non-hydrogen) atoms. The number of hydrogen-bond donors (Lipinski definition) is 1. The molecule has 3 heterocycles. The van der Waals surface area contributed by atoms with Crippen LogP contribution in [0.1, 0.15) is 50.1 Å². The number of esters is 1. The van der Waals surface area contributed by atoms with Crippen molar-refractivity contribution in [2.24, 2.45) is 0 Å². The van der Waals surface area contributed by atoms with Gasteiger partial charge in [0, 0.05) is 13.1 Å². The highest BCUT2D eigenvalue weighted by Gasteiger charge is 2.32. The Labute approximate surface area is 167 Å². The fourth-order valence-corrected chi connectivity index (χ4v) is 3.54. The number of ether oxygens (including phenoxy) is 2. The number of piperidine rings is 1. The molecule has 1 aliphatic rings. The van der Waals surface area contributed by atoms with Crippen molar-refractivity contribution in [3.63, 3.8) is 0 Å². The van der Waals surface area contributed by atoms with E-state index in [2.05, 4.69) is 10.1 Å². The van der Waals surface area contributed by atoms with Crippen LogP contribution < -0.4 is 5.73 Å².